The first-order valence-electron chi connectivity index (χ1n) is 5.35. The third-order valence-corrected chi connectivity index (χ3v) is 1.88. The Kier molecular flexibility index (Phi) is 10.9. The average Bonchev–Trinajstić information content (AvgIpc) is 2.21. The van der Waals surface area contributed by atoms with Gasteiger partial charge in [-0.25, -0.2) is 0 Å². The van der Waals surface area contributed by atoms with Gasteiger partial charge >= 0.3 is 0 Å². The number of carbonyl (C=O) groups excluding carboxylic acids is 1. The maximum atomic E-state index is 9.90. The summed E-state index contributed by atoms with van der Waals surface area (Å²) in [6.07, 6.45) is 18.4. The van der Waals surface area contributed by atoms with E-state index in [1.807, 2.05) is 18.2 Å². The normalized spacial score (nSPS) is 12.1. The Bertz CT molecular complexity index is 199. The first-order chi connectivity index (χ1) is 6.91. The van der Waals surface area contributed by atoms with Gasteiger partial charge in [-0.15, -0.1) is 0 Å². The van der Waals surface area contributed by atoms with E-state index in [0.29, 0.717) is 0 Å². The largest absolute Gasteiger partial charge is 0.299 e. The summed E-state index contributed by atoms with van der Waals surface area (Å²) in [4.78, 5) is 9.90. The summed E-state index contributed by atoms with van der Waals surface area (Å²) in [5, 5.41) is 0. The van der Waals surface area contributed by atoms with E-state index in [4.69, 9.17) is 0 Å². The molecule has 0 bridgehead atoms. The molecule has 0 aliphatic rings. The van der Waals surface area contributed by atoms with Crippen molar-refractivity contribution in [2.75, 3.05) is 0 Å². The van der Waals surface area contributed by atoms with E-state index in [1.165, 1.54) is 31.8 Å². The molecule has 0 saturated heterocycles. The molecule has 0 heterocycles. The molecule has 1 heteroatoms. The molecule has 0 aromatic heterocycles. The fourth-order valence-electron chi connectivity index (χ4n) is 1.10. The first kappa shape index (κ1) is 12.9. The van der Waals surface area contributed by atoms with Gasteiger partial charge in [0.25, 0.3) is 0 Å². The molecular weight excluding hydrogens is 172 g/mol. The summed E-state index contributed by atoms with van der Waals surface area (Å²) in [6.45, 7) is 2.22. The van der Waals surface area contributed by atoms with Gasteiger partial charge < -0.3 is 0 Å². The summed E-state index contributed by atoms with van der Waals surface area (Å²) in [7, 11) is 0. The number of hydrogen-bond donors (Lipinski definition) is 0. The second kappa shape index (κ2) is 11.9. The van der Waals surface area contributed by atoms with Crippen LogP contribution >= 0.6 is 0 Å². The third-order valence-electron chi connectivity index (χ3n) is 1.88. The van der Waals surface area contributed by atoms with Crippen LogP contribution in [0, 0.1) is 0 Å². The zero-order chi connectivity index (χ0) is 10.5. The van der Waals surface area contributed by atoms with Crippen molar-refractivity contribution in [2.45, 2.75) is 39.0 Å². The van der Waals surface area contributed by atoms with Gasteiger partial charge in [-0.1, -0.05) is 56.6 Å². The average molecular weight is 192 g/mol. The smallest absolute Gasteiger partial charge is 0.142 e. The van der Waals surface area contributed by atoms with E-state index in [-0.39, 0.29) is 0 Å². The number of unbranched alkanes of at least 4 members (excludes halogenated alkanes) is 4. The van der Waals surface area contributed by atoms with Gasteiger partial charge in [0.05, 0.1) is 0 Å². The minimum atomic E-state index is 0.777. The van der Waals surface area contributed by atoms with Crippen LogP contribution in [0.2, 0.25) is 0 Å². The second-order valence-corrected chi connectivity index (χ2v) is 3.18. The molecule has 0 aromatic rings. The van der Waals surface area contributed by atoms with Crippen molar-refractivity contribution in [2.24, 2.45) is 0 Å². The molecule has 0 N–H and O–H groups in total. The first-order valence-corrected chi connectivity index (χ1v) is 5.35. The Morgan fingerprint density at radius 2 is 1.57 bits per heavy atom. The van der Waals surface area contributed by atoms with Crippen LogP contribution in [0.1, 0.15) is 39.0 Å². The number of allylic oxidation sites excluding steroid dienone is 6. The second-order valence-electron chi connectivity index (χ2n) is 3.18. The van der Waals surface area contributed by atoms with Crippen LogP contribution in [0.5, 0.6) is 0 Å². The molecule has 0 atom stereocenters. The van der Waals surface area contributed by atoms with Crippen LogP contribution in [0.25, 0.3) is 0 Å². The van der Waals surface area contributed by atoms with Crippen molar-refractivity contribution in [3.05, 3.63) is 36.5 Å². The van der Waals surface area contributed by atoms with Crippen LogP contribution in [-0.4, -0.2) is 6.29 Å². The molecule has 0 fully saturated rings. The number of rotatable bonds is 8. The molecule has 0 saturated carbocycles. The minimum absolute atomic E-state index is 0.777. The number of hydrogen-bond acceptors (Lipinski definition) is 1. The summed E-state index contributed by atoms with van der Waals surface area (Å²) in [5.74, 6) is 0. The predicted octanol–water partition coefficient (Wildman–Crippen LogP) is 3.82. The van der Waals surface area contributed by atoms with Crippen LogP contribution in [0.3, 0.4) is 0 Å². The van der Waals surface area contributed by atoms with Crippen molar-refractivity contribution in [3.63, 3.8) is 0 Å². The van der Waals surface area contributed by atoms with E-state index in [9.17, 15) is 4.79 Å². The fraction of sp³-hybridized carbons (Fsp3) is 0.462. The Labute approximate surface area is 87.2 Å². The van der Waals surface area contributed by atoms with Crippen LogP contribution < -0.4 is 0 Å². The lowest BCUT2D eigenvalue weighted by molar-refractivity contribution is -0.104. The van der Waals surface area contributed by atoms with Gasteiger partial charge in [0.15, 0.2) is 0 Å². The minimum Gasteiger partial charge on any atom is -0.299 e. The van der Waals surface area contributed by atoms with Crippen molar-refractivity contribution in [3.8, 4) is 0 Å². The lowest BCUT2D eigenvalue weighted by atomic mass is 10.1. The van der Waals surface area contributed by atoms with Gasteiger partial charge in [-0.2, -0.15) is 0 Å². The predicted molar refractivity (Wildman–Crippen MR) is 62.2 cm³/mol. The van der Waals surface area contributed by atoms with Gasteiger partial charge in [0.1, 0.15) is 6.29 Å². The van der Waals surface area contributed by atoms with Crippen molar-refractivity contribution in [1.82, 2.24) is 0 Å². The van der Waals surface area contributed by atoms with Crippen LogP contribution in [-0.2, 0) is 4.79 Å². The number of carbonyl (C=O) groups is 1. The quantitative estimate of drug-likeness (QED) is 0.247. The molecule has 0 rings (SSSR count). The molecule has 0 amide bonds. The highest BCUT2D eigenvalue weighted by molar-refractivity contribution is 5.65. The molecule has 0 radical (unpaired) electrons. The number of aldehydes is 1. The molecular formula is C13H20O. The molecule has 0 unspecified atom stereocenters. The Morgan fingerprint density at radius 3 is 2.29 bits per heavy atom. The lowest BCUT2D eigenvalue weighted by Gasteiger charge is -1.92. The van der Waals surface area contributed by atoms with Crippen molar-refractivity contribution >= 4 is 6.29 Å². The fourth-order valence-corrected chi connectivity index (χ4v) is 1.10. The van der Waals surface area contributed by atoms with E-state index in [2.05, 4.69) is 13.0 Å². The maximum Gasteiger partial charge on any atom is 0.142 e. The van der Waals surface area contributed by atoms with Gasteiger partial charge in [0.2, 0.25) is 0 Å². The highest BCUT2D eigenvalue weighted by Crippen LogP contribution is 2.02. The Morgan fingerprint density at radius 1 is 0.857 bits per heavy atom. The van der Waals surface area contributed by atoms with E-state index >= 15 is 0 Å². The zero-order valence-corrected chi connectivity index (χ0v) is 8.99. The van der Waals surface area contributed by atoms with Gasteiger partial charge in [0, 0.05) is 0 Å². The molecule has 14 heavy (non-hydrogen) atoms. The molecule has 0 aliphatic heterocycles. The highest BCUT2D eigenvalue weighted by atomic mass is 16.1. The summed E-state index contributed by atoms with van der Waals surface area (Å²) in [6, 6.07) is 0. The van der Waals surface area contributed by atoms with Gasteiger partial charge in [-0.05, 0) is 18.9 Å². The molecule has 0 aromatic carbocycles. The van der Waals surface area contributed by atoms with Crippen LogP contribution in [0.4, 0.5) is 0 Å². The molecule has 1 nitrogen and oxygen atoms in total. The SMILES string of the molecule is CCCCCC\C=C/C=C/C=C/C=O. The summed E-state index contributed by atoms with van der Waals surface area (Å²) < 4.78 is 0. The standard InChI is InChI=1S/C13H20O/c1-2-3-4-5-6-7-8-9-10-11-12-13-14/h7-13H,2-6H2,1H3/b8-7-,10-9+,12-11+. The molecule has 78 valence electrons. The van der Waals surface area contributed by atoms with Crippen molar-refractivity contribution in [1.29, 1.82) is 0 Å². The lowest BCUT2D eigenvalue weighted by Crippen LogP contribution is -1.72. The molecule has 0 spiro atoms. The Balaban J connectivity index is 3.30. The highest BCUT2D eigenvalue weighted by Gasteiger charge is 1.82. The zero-order valence-electron chi connectivity index (χ0n) is 8.99. The van der Waals surface area contributed by atoms with E-state index in [1.54, 1.807) is 6.08 Å². The summed E-state index contributed by atoms with van der Waals surface area (Å²) in [5.41, 5.74) is 0. The maximum absolute atomic E-state index is 9.90. The molecule has 0 aliphatic carbocycles. The van der Waals surface area contributed by atoms with E-state index < -0.39 is 0 Å². The monoisotopic (exact) mass is 192 g/mol. The Hall–Kier alpha value is -1.11. The summed E-state index contributed by atoms with van der Waals surface area (Å²) >= 11 is 0. The van der Waals surface area contributed by atoms with Crippen molar-refractivity contribution < 1.29 is 4.79 Å². The third kappa shape index (κ3) is 10.9. The van der Waals surface area contributed by atoms with Gasteiger partial charge in [-0.3, -0.25) is 4.79 Å². The van der Waals surface area contributed by atoms with Crippen LogP contribution in [0.15, 0.2) is 36.5 Å². The van der Waals surface area contributed by atoms with E-state index in [0.717, 1.165) is 12.7 Å². The topological polar surface area (TPSA) is 17.1 Å².